The van der Waals surface area contributed by atoms with E-state index in [-0.39, 0.29) is 6.29 Å². The third-order valence-corrected chi connectivity index (χ3v) is 3.00. The minimum Gasteiger partial charge on any atom is -0.350 e. The molecule has 0 aromatic carbocycles. The Bertz CT molecular complexity index is 180. The number of allylic oxidation sites excluding steroid dienone is 1. The lowest BCUT2D eigenvalue weighted by Crippen LogP contribution is -2.08. The molecule has 0 bridgehead atoms. The molecule has 0 saturated carbocycles. The highest BCUT2D eigenvalue weighted by Gasteiger charge is 2.21. The zero-order chi connectivity index (χ0) is 11.6. The Morgan fingerprint density at radius 2 is 1.81 bits per heavy atom. The fourth-order valence-electron chi connectivity index (χ4n) is 2.04. The normalized spacial score (nSPS) is 24.8. The van der Waals surface area contributed by atoms with Crippen LogP contribution in [-0.4, -0.2) is 19.0 Å². The van der Waals surface area contributed by atoms with Crippen molar-refractivity contribution in [2.45, 2.75) is 70.7 Å². The molecule has 0 unspecified atom stereocenters. The van der Waals surface area contributed by atoms with E-state index in [9.17, 15) is 0 Å². The molecule has 0 aromatic heterocycles. The number of ether oxygens (including phenoxy) is 2. The highest BCUT2D eigenvalue weighted by molar-refractivity contribution is 4.65. The third kappa shape index (κ3) is 6.29. The molecule has 1 rings (SSSR count). The van der Waals surface area contributed by atoms with Gasteiger partial charge in [0.15, 0.2) is 6.29 Å². The van der Waals surface area contributed by atoms with Crippen LogP contribution in [0.4, 0.5) is 0 Å². The molecule has 0 radical (unpaired) electrons. The van der Waals surface area contributed by atoms with Crippen LogP contribution in [0.1, 0.15) is 58.3 Å². The molecule has 1 fully saturated rings. The van der Waals surface area contributed by atoms with E-state index in [0.29, 0.717) is 6.10 Å². The summed E-state index contributed by atoms with van der Waals surface area (Å²) < 4.78 is 11.1. The van der Waals surface area contributed by atoms with Gasteiger partial charge in [0.2, 0.25) is 0 Å². The van der Waals surface area contributed by atoms with Gasteiger partial charge in [0.05, 0.1) is 12.7 Å². The van der Waals surface area contributed by atoms with Crippen LogP contribution < -0.4 is 0 Å². The average Bonchev–Trinajstić information content (AvgIpc) is 2.68. The molecule has 0 aromatic rings. The van der Waals surface area contributed by atoms with Gasteiger partial charge in [0, 0.05) is 0 Å². The number of hydrogen-bond donors (Lipinski definition) is 0. The molecule has 1 aliphatic heterocycles. The largest absolute Gasteiger partial charge is 0.350 e. The summed E-state index contributed by atoms with van der Waals surface area (Å²) in [5, 5.41) is 0. The first-order valence-corrected chi connectivity index (χ1v) is 6.71. The van der Waals surface area contributed by atoms with Gasteiger partial charge in [-0.2, -0.15) is 0 Å². The van der Waals surface area contributed by atoms with Crippen LogP contribution in [0, 0.1) is 0 Å². The fourth-order valence-corrected chi connectivity index (χ4v) is 2.04. The Labute approximate surface area is 100 Å². The molecule has 0 spiro atoms. The zero-order valence-corrected chi connectivity index (χ0v) is 10.6. The van der Waals surface area contributed by atoms with Crippen LogP contribution in [0.3, 0.4) is 0 Å². The second-order valence-electron chi connectivity index (χ2n) is 4.70. The lowest BCUT2D eigenvalue weighted by atomic mass is 10.1. The third-order valence-electron chi connectivity index (χ3n) is 3.00. The van der Waals surface area contributed by atoms with Crippen molar-refractivity contribution in [1.82, 2.24) is 0 Å². The zero-order valence-electron chi connectivity index (χ0n) is 10.6. The first kappa shape index (κ1) is 13.7. The van der Waals surface area contributed by atoms with E-state index in [1.807, 2.05) is 6.08 Å². The number of rotatable bonds is 9. The predicted molar refractivity (Wildman–Crippen MR) is 67.4 cm³/mol. The van der Waals surface area contributed by atoms with Crippen molar-refractivity contribution in [3.8, 4) is 0 Å². The molecule has 16 heavy (non-hydrogen) atoms. The summed E-state index contributed by atoms with van der Waals surface area (Å²) in [7, 11) is 0. The minimum absolute atomic E-state index is 0.0794. The summed E-state index contributed by atoms with van der Waals surface area (Å²) in [4.78, 5) is 0. The maximum Gasteiger partial charge on any atom is 0.158 e. The van der Waals surface area contributed by atoms with Crippen molar-refractivity contribution in [1.29, 1.82) is 0 Å². The average molecular weight is 226 g/mol. The van der Waals surface area contributed by atoms with Gasteiger partial charge in [-0.3, -0.25) is 0 Å². The van der Waals surface area contributed by atoms with E-state index in [1.165, 1.54) is 44.9 Å². The first-order chi connectivity index (χ1) is 7.83. The Balaban J connectivity index is 1.79. The van der Waals surface area contributed by atoms with Crippen LogP contribution in [0.25, 0.3) is 0 Å². The summed E-state index contributed by atoms with van der Waals surface area (Å²) in [6.07, 6.45) is 12.5. The van der Waals surface area contributed by atoms with E-state index >= 15 is 0 Å². The van der Waals surface area contributed by atoms with Gasteiger partial charge in [0.1, 0.15) is 0 Å². The standard InChI is InChI=1S/C14H26O2/c1-3-4-5-6-7-8-9-10-11-14-15-12-13(2)16-14/h3,13-14H,1,4-12H2,2H3/t13-,14-/m1/s1. The van der Waals surface area contributed by atoms with Gasteiger partial charge >= 0.3 is 0 Å². The van der Waals surface area contributed by atoms with Gasteiger partial charge in [-0.1, -0.05) is 31.8 Å². The van der Waals surface area contributed by atoms with Gasteiger partial charge < -0.3 is 9.47 Å². The maximum atomic E-state index is 5.59. The Kier molecular flexibility index (Phi) is 7.52. The molecular formula is C14H26O2. The summed E-state index contributed by atoms with van der Waals surface area (Å²) in [5.41, 5.74) is 0. The molecule has 0 N–H and O–H groups in total. The molecule has 2 nitrogen and oxygen atoms in total. The molecule has 1 heterocycles. The van der Waals surface area contributed by atoms with Crippen molar-refractivity contribution < 1.29 is 9.47 Å². The SMILES string of the molecule is C=CCCCCCCCC[C@@H]1OC[C@@H](C)O1. The lowest BCUT2D eigenvalue weighted by molar-refractivity contribution is -0.0604. The van der Waals surface area contributed by atoms with Crippen LogP contribution in [0.2, 0.25) is 0 Å². The van der Waals surface area contributed by atoms with Crippen molar-refractivity contribution >= 4 is 0 Å². The highest BCUT2D eigenvalue weighted by Crippen LogP contribution is 2.17. The van der Waals surface area contributed by atoms with Gasteiger partial charge in [-0.25, -0.2) is 0 Å². The van der Waals surface area contributed by atoms with Crippen LogP contribution in [0.15, 0.2) is 12.7 Å². The smallest absolute Gasteiger partial charge is 0.158 e. The monoisotopic (exact) mass is 226 g/mol. The quantitative estimate of drug-likeness (QED) is 0.436. The highest BCUT2D eigenvalue weighted by atomic mass is 16.7. The van der Waals surface area contributed by atoms with E-state index < -0.39 is 0 Å². The van der Waals surface area contributed by atoms with E-state index in [0.717, 1.165) is 13.0 Å². The van der Waals surface area contributed by atoms with E-state index in [1.54, 1.807) is 0 Å². The van der Waals surface area contributed by atoms with Crippen LogP contribution in [-0.2, 0) is 9.47 Å². The predicted octanol–water partition coefficient (Wildman–Crippen LogP) is 4.05. The van der Waals surface area contributed by atoms with Crippen molar-refractivity contribution in [3.63, 3.8) is 0 Å². The second-order valence-corrected chi connectivity index (χ2v) is 4.70. The maximum absolute atomic E-state index is 5.59. The molecule has 0 amide bonds. The molecule has 2 atom stereocenters. The van der Waals surface area contributed by atoms with Crippen molar-refractivity contribution in [2.75, 3.05) is 6.61 Å². The molecule has 1 aliphatic rings. The second kappa shape index (κ2) is 8.77. The summed E-state index contributed by atoms with van der Waals surface area (Å²) >= 11 is 0. The van der Waals surface area contributed by atoms with E-state index in [2.05, 4.69) is 13.5 Å². The summed E-state index contributed by atoms with van der Waals surface area (Å²) in [6, 6.07) is 0. The Morgan fingerprint density at radius 1 is 1.12 bits per heavy atom. The summed E-state index contributed by atoms with van der Waals surface area (Å²) in [5.74, 6) is 0. The van der Waals surface area contributed by atoms with Crippen molar-refractivity contribution in [3.05, 3.63) is 12.7 Å². The van der Waals surface area contributed by atoms with Crippen LogP contribution in [0.5, 0.6) is 0 Å². The van der Waals surface area contributed by atoms with Crippen LogP contribution >= 0.6 is 0 Å². The molecule has 1 saturated heterocycles. The number of unbranched alkanes of at least 4 members (excludes halogenated alkanes) is 6. The number of hydrogen-bond acceptors (Lipinski definition) is 2. The van der Waals surface area contributed by atoms with Gasteiger partial charge in [-0.05, 0) is 32.6 Å². The Hall–Kier alpha value is -0.340. The minimum atomic E-state index is 0.0794. The molecule has 94 valence electrons. The van der Waals surface area contributed by atoms with Gasteiger partial charge in [0.25, 0.3) is 0 Å². The molecule has 2 heteroatoms. The first-order valence-electron chi connectivity index (χ1n) is 6.71. The topological polar surface area (TPSA) is 18.5 Å². The van der Waals surface area contributed by atoms with Gasteiger partial charge in [-0.15, -0.1) is 6.58 Å². The Morgan fingerprint density at radius 3 is 2.44 bits per heavy atom. The van der Waals surface area contributed by atoms with E-state index in [4.69, 9.17) is 9.47 Å². The molecule has 0 aliphatic carbocycles. The summed E-state index contributed by atoms with van der Waals surface area (Å²) in [6.45, 7) is 6.57. The van der Waals surface area contributed by atoms with Crippen molar-refractivity contribution in [2.24, 2.45) is 0 Å². The lowest BCUT2D eigenvalue weighted by Gasteiger charge is -2.09. The molecular weight excluding hydrogens is 200 g/mol. The fraction of sp³-hybridized carbons (Fsp3) is 0.857.